The molecule has 0 aromatic carbocycles. The molecule has 152 valence electrons. The van der Waals surface area contributed by atoms with Crippen molar-refractivity contribution in [3.8, 4) is 0 Å². The van der Waals surface area contributed by atoms with Gasteiger partial charge in [-0.15, -0.1) is 0 Å². The van der Waals surface area contributed by atoms with Crippen molar-refractivity contribution in [2.75, 3.05) is 19.8 Å². The highest BCUT2D eigenvalue weighted by atomic mass is 16.3. The molecule has 4 N–H and O–H groups in total. The van der Waals surface area contributed by atoms with Crippen LogP contribution in [0.4, 0.5) is 0 Å². The summed E-state index contributed by atoms with van der Waals surface area (Å²) in [7, 11) is 0. The van der Waals surface area contributed by atoms with Crippen LogP contribution >= 0.6 is 0 Å². The van der Waals surface area contributed by atoms with Gasteiger partial charge in [0.2, 0.25) is 0 Å². The Hall–Kier alpha value is -0.680. The number of hydrogen-bond acceptors (Lipinski definition) is 4. The molecular formula is C21H44O4. The van der Waals surface area contributed by atoms with Crippen LogP contribution in [0.25, 0.3) is 0 Å². The Morgan fingerprint density at radius 1 is 1.12 bits per heavy atom. The van der Waals surface area contributed by atoms with Gasteiger partial charge in [0.25, 0.3) is 0 Å². The maximum Gasteiger partial charge on any atom is 0.0662 e. The molecule has 1 unspecified atom stereocenters. The summed E-state index contributed by atoms with van der Waals surface area (Å²) in [6.45, 7) is 12.5. The lowest BCUT2D eigenvalue weighted by molar-refractivity contribution is 0.0707. The summed E-state index contributed by atoms with van der Waals surface area (Å²) in [5, 5.41) is 33.3. The van der Waals surface area contributed by atoms with E-state index in [2.05, 4.69) is 39.0 Å². The van der Waals surface area contributed by atoms with Gasteiger partial charge in [-0.2, -0.15) is 0 Å². The third-order valence-electron chi connectivity index (χ3n) is 3.80. The fraction of sp³-hybridized carbons (Fsp3) is 0.810. The fourth-order valence-corrected chi connectivity index (χ4v) is 2.24. The van der Waals surface area contributed by atoms with E-state index < -0.39 is 0 Å². The summed E-state index contributed by atoms with van der Waals surface area (Å²) in [6, 6.07) is 0. The van der Waals surface area contributed by atoms with Crippen LogP contribution in [0.5, 0.6) is 0 Å². The van der Waals surface area contributed by atoms with Crippen LogP contribution < -0.4 is 0 Å². The molecule has 0 saturated heterocycles. The lowest BCUT2D eigenvalue weighted by Gasteiger charge is -2.24. The van der Waals surface area contributed by atoms with Gasteiger partial charge in [-0.1, -0.05) is 72.8 Å². The van der Waals surface area contributed by atoms with Gasteiger partial charge >= 0.3 is 0 Å². The Bertz CT molecular complexity index is 355. The first kappa shape index (κ1) is 29.1. The maximum absolute atomic E-state index is 9.21. The second-order valence-corrected chi connectivity index (χ2v) is 7.74. The summed E-state index contributed by atoms with van der Waals surface area (Å²) >= 11 is 0. The van der Waals surface area contributed by atoms with Crippen LogP contribution in [0.15, 0.2) is 23.8 Å². The van der Waals surface area contributed by atoms with Gasteiger partial charge in [-0.3, -0.25) is 0 Å². The van der Waals surface area contributed by atoms with E-state index in [1.807, 2.05) is 20.8 Å². The Morgan fingerprint density at radius 3 is 1.92 bits per heavy atom. The van der Waals surface area contributed by atoms with Crippen molar-refractivity contribution in [2.24, 2.45) is 10.8 Å². The molecule has 1 aliphatic rings. The Labute approximate surface area is 156 Å². The van der Waals surface area contributed by atoms with Crippen LogP contribution in [0.1, 0.15) is 74.7 Å². The summed E-state index contributed by atoms with van der Waals surface area (Å²) in [4.78, 5) is 0. The summed E-state index contributed by atoms with van der Waals surface area (Å²) in [5.41, 5.74) is 1.85. The van der Waals surface area contributed by atoms with Crippen molar-refractivity contribution in [1.29, 1.82) is 0 Å². The van der Waals surface area contributed by atoms with Crippen molar-refractivity contribution in [1.82, 2.24) is 0 Å². The van der Waals surface area contributed by atoms with Gasteiger partial charge < -0.3 is 20.4 Å². The monoisotopic (exact) mass is 360 g/mol. The first-order chi connectivity index (χ1) is 11.1. The summed E-state index contributed by atoms with van der Waals surface area (Å²) in [5.74, 6) is 0. The second-order valence-electron chi connectivity index (χ2n) is 7.74. The van der Waals surface area contributed by atoms with Gasteiger partial charge in [0.1, 0.15) is 0 Å². The molecule has 0 aromatic rings. The van der Waals surface area contributed by atoms with Gasteiger partial charge in [0.15, 0.2) is 0 Å². The highest BCUT2D eigenvalue weighted by Gasteiger charge is 2.19. The minimum Gasteiger partial charge on any atom is -0.396 e. The molecule has 4 nitrogen and oxygen atoms in total. The van der Waals surface area contributed by atoms with E-state index in [9.17, 15) is 5.11 Å². The lowest BCUT2D eigenvalue weighted by Crippen LogP contribution is -2.23. The van der Waals surface area contributed by atoms with Crippen molar-refractivity contribution >= 4 is 0 Å². The zero-order valence-corrected chi connectivity index (χ0v) is 16.5. The standard InChI is InChI=1S/C10H16.C8H18O2.C2H6O2.CH4/c1-4-9-6-5-7-10(2,3)8-9;1-4-7(10)5-8(2,3)6-9;3-1-2-4;/h5-7H,4,8H2,1-3H3;7,9-10H,4-6H2,1-3H3;3-4H,1-2H2;1H4. The minimum atomic E-state index is -0.262. The number of hydrogen-bond donors (Lipinski definition) is 4. The van der Waals surface area contributed by atoms with Gasteiger partial charge in [0.05, 0.1) is 19.3 Å². The highest BCUT2D eigenvalue weighted by Crippen LogP contribution is 2.31. The number of rotatable bonds is 6. The Balaban J connectivity index is -0.000000310. The van der Waals surface area contributed by atoms with E-state index in [-0.39, 0.29) is 38.8 Å². The van der Waals surface area contributed by atoms with Crippen molar-refractivity contribution in [3.63, 3.8) is 0 Å². The predicted molar refractivity (Wildman–Crippen MR) is 109 cm³/mol. The fourth-order valence-electron chi connectivity index (χ4n) is 2.24. The van der Waals surface area contributed by atoms with E-state index >= 15 is 0 Å². The molecule has 0 aromatic heterocycles. The zero-order valence-electron chi connectivity index (χ0n) is 16.5. The van der Waals surface area contributed by atoms with Gasteiger partial charge in [-0.25, -0.2) is 0 Å². The molecule has 0 saturated carbocycles. The highest BCUT2D eigenvalue weighted by molar-refractivity contribution is 5.22. The first-order valence-electron chi connectivity index (χ1n) is 8.95. The molecule has 0 radical (unpaired) electrons. The number of aliphatic hydroxyl groups is 4. The first-order valence-corrected chi connectivity index (χ1v) is 8.95. The average molecular weight is 361 g/mol. The normalized spacial score (nSPS) is 16.3. The van der Waals surface area contributed by atoms with Crippen LogP contribution in [0.2, 0.25) is 0 Å². The van der Waals surface area contributed by atoms with E-state index in [0.717, 1.165) is 6.42 Å². The molecule has 0 aliphatic heterocycles. The SMILES string of the molecule is C.CCC(O)CC(C)(C)CO.CCC1=CC=CC(C)(C)C1.OCCO. The molecule has 1 rings (SSSR count). The van der Waals surface area contributed by atoms with Crippen LogP contribution in [0.3, 0.4) is 0 Å². The predicted octanol–water partition coefficient (Wildman–Crippen LogP) is 4.08. The van der Waals surface area contributed by atoms with Gasteiger partial charge in [-0.05, 0) is 36.5 Å². The smallest absolute Gasteiger partial charge is 0.0662 e. The number of allylic oxidation sites excluding steroid dienone is 4. The molecule has 0 heterocycles. The van der Waals surface area contributed by atoms with Gasteiger partial charge in [0, 0.05) is 6.61 Å². The van der Waals surface area contributed by atoms with Crippen LogP contribution in [-0.2, 0) is 0 Å². The van der Waals surface area contributed by atoms with E-state index in [4.69, 9.17) is 15.3 Å². The molecule has 0 spiro atoms. The van der Waals surface area contributed by atoms with Crippen LogP contribution in [0, 0.1) is 10.8 Å². The molecule has 1 aliphatic carbocycles. The van der Waals surface area contributed by atoms with E-state index in [1.54, 1.807) is 5.57 Å². The second kappa shape index (κ2) is 15.6. The molecule has 0 amide bonds. The van der Waals surface area contributed by atoms with Crippen molar-refractivity contribution in [2.45, 2.75) is 80.8 Å². The minimum absolute atomic E-state index is 0. The molecule has 0 fully saturated rings. The van der Waals surface area contributed by atoms with Crippen LogP contribution in [-0.4, -0.2) is 46.4 Å². The molecule has 1 atom stereocenters. The largest absolute Gasteiger partial charge is 0.396 e. The quantitative estimate of drug-likeness (QED) is 0.575. The Kier molecular flexibility index (Phi) is 18.1. The molecule has 4 heteroatoms. The lowest BCUT2D eigenvalue weighted by atomic mass is 9.81. The average Bonchev–Trinajstić information content (AvgIpc) is 2.54. The molecular weight excluding hydrogens is 316 g/mol. The topological polar surface area (TPSA) is 80.9 Å². The zero-order chi connectivity index (χ0) is 19.2. The summed E-state index contributed by atoms with van der Waals surface area (Å²) < 4.78 is 0. The third kappa shape index (κ3) is 17.9. The Morgan fingerprint density at radius 2 is 1.64 bits per heavy atom. The number of aliphatic hydroxyl groups excluding tert-OH is 4. The van der Waals surface area contributed by atoms with Crippen molar-refractivity contribution in [3.05, 3.63) is 23.8 Å². The molecule has 25 heavy (non-hydrogen) atoms. The maximum atomic E-state index is 9.21. The van der Waals surface area contributed by atoms with E-state index in [0.29, 0.717) is 11.8 Å². The van der Waals surface area contributed by atoms with Crippen molar-refractivity contribution < 1.29 is 20.4 Å². The third-order valence-corrected chi connectivity index (χ3v) is 3.80. The molecule has 0 bridgehead atoms. The van der Waals surface area contributed by atoms with E-state index in [1.165, 1.54) is 12.8 Å². The summed E-state index contributed by atoms with van der Waals surface area (Å²) in [6.07, 6.45) is 10.3.